The second-order valence-corrected chi connectivity index (χ2v) is 4.19. The number of benzene rings is 2. The van der Waals surface area contributed by atoms with Crippen molar-refractivity contribution in [2.45, 2.75) is 6.92 Å². The summed E-state index contributed by atoms with van der Waals surface area (Å²) >= 11 is 0. The number of nitrogens with two attached hydrogens (primary N) is 1. The highest BCUT2D eigenvalue weighted by Crippen LogP contribution is 2.35. The summed E-state index contributed by atoms with van der Waals surface area (Å²) in [6.45, 7) is 2.42. The minimum absolute atomic E-state index is 0.232. The van der Waals surface area contributed by atoms with Gasteiger partial charge in [-0.3, -0.25) is 0 Å². The molecule has 2 aromatic rings. The first-order chi connectivity index (χ1) is 10.2. The van der Waals surface area contributed by atoms with Crippen molar-refractivity contribution < 1.29 is 19.0 Å². The van der Waals surface area contributed by atoms with Crippen molar-refractivity contribution in [2.24, 2.45) is 0 Å². The Morgan fingerprint density at radius 1 is 1.05 bits per heavy atom. The Morgan fingerprint density at radius 3 is 2.38 bits per heavy atom. The van der Waals surface area contributed by atoms with Crippen LogP contribution in [0.25, 0.3) is 0 Å². The van der Waals surface area contributed by atoms with Crippen LogP contribution < -0.4 is 15.2 Å². The summed E-state index contributed by atoms with van der Waals surface area (Å²) in [5.41, 5.74) is 6.46. The zero-order chi connectivity index (χ0) is 15.2. The molecule has 0 spiro atoms. The van der Waals surface area contributed by atoms with Crippen molar-refractivity contribution in [1.82, 2.24) is 0 Å². The van der Waals surface area contributed by atoms with Gasteiger partial charge in [0.05, 0.1) is 25.0 Å². The van der Waals surface area contributed by atoms with Crippen molar-refractivity contribution in [3.8, 4) is 17.2 Å². The van der Waals surface area contributed by atoms with Gasteiger partial charge in [0.25, 0.3) is 0 Å². The molecule has 110 valence electrons. The highest BCUT2D eigenvalue weighted by Gasteiger charge is 2.15. The van der Waals surface area contributed by atoms with Gasteiger partial charge in [-0.1, -0.05) is 18.2 Å². The van der Waals surface area contributed by atoms with E-state index in [9.17, 15) is 4.79 Å². The summed E-state index contributed by atoms with van der Waals surface area (Å²) < 4.78 is 15.9. The second kappa shape index (κ2) is 6.65. The molecule has 0 unspecified atom stereocenters. The fourth-order valence-corrected chi connectivity index (χ4v) is 1.85. The molecule has 0 radical (unpaired) electrons. The lowest BCUT2D eigenvalue weighted by Crippen LogP contribution is -2.06. The van der Waals surface area contributed by atoms with Gasteiger partial charge in [-0.15, -0.1) is 0 Å². The van der Waals surface area contributed by atoms with E-state index in [1.54, 1.807) is 30.3 Å². The standard InChI is InChI=1S/C16H17NO4/c1-3-20-12-8-4-5-9-13(12)21-14-10-6-7-11(15(14)17)16(18)19-2/h4-10H,3,17H2,1-2H3. The van der Waals surface area contributed by atoms with E-state index in [-0.39, 0.29) is 11.3 Å². The first-order valence-corrected chi connectivity index (χ1v) is 6.53. The van der Waals surface area contributed by atoms with Gasteiger partial charge in [-0.25, -0.2) is 4.79 Å². The quantitative estimate of drug-likeness (QED) is 0.675. The van der Waals surface area contributed by atoms with Gasteiger partial charge in [-0.05, 0) is 31.2 Å². The first kappa shape index (κ1) is 14.7. The smallest absolute Gasteiger partial charge is 0.340 e. The number of hydrogen-bond acceptors (Lipinski definition) is 5. The van der Waals surface area contributed by atoms with Gasteiger partial charge in [-0.2, -0.15) is 0 Å². The maximum Gasteiger partial charge on any atom is 0.340 e. The minimum atomic E-state index is -0.504. The lowest BCUT2D eigenvalue weighted by Gasteiger charge is -2.14. The summed E-state index contributed by atoms with van der Waals surface area (Å²) in [6, 6.07) is 12.2. The molecule has 0 aliphatic carbocycles. The predicted molar refractivity (Wildman–Crippen MR) is 79.9 cm³/mol. The molecule has 0 saturated carbocycles. The third-order valence-electron chi connectivity index (χ3n) is 2.84. The molecule has 0 saturated heterocycles. The third-order valence-corrected chi connectivity index (χ3v) is 2.84. The monoisotopic (exact) mass is 287 g/mol. The Labute approximate surface area is 123 Å². The molecular weight excluding hydrogens is 270 g/mol. The normalized spacial score (nSPS) is 10.0. The highest BCUT2D eigenvalue weighted by molar-refractivity contribution is 5.96. The topological polar surface area (TPSA) is 70.8 Å². The molecule has 2 rings (SSSR count). The Balaban J connectivity index is 2.34. The summed E-state index contributed by atoms with van der Waals surface area (Å²) in [6.07, 6.45) is 0. The number of carbonyl (C=O) groups excluding carboxylic acids is 1. The van der Waals surface area contributed by atoms with Crippen LogP contribution in [-0.4, -0.2) is 19.7 Å². The molecule has 5 heteroatoms. The van der Waals surface area contributed by atoms with Crippen molar-refractivity contribution in [1.29, 1.82) is 0 Å². The van der Waals surface area contributed by atoms with Crippen LogP contribution in [0.3, 0.4) is 0 Å². The van der Waals surface area contributed by atoms with Crippen LogP contribution >= 0.6 is 0 Å². The maximum atomic E-state index is 11.6. The molecule has 5 nitrogen and oxygen atoms in total. The predicted octanol–water partition coefficient (Wildman–Crippen LogP) is 3.25. The number of ether oxygens (including phenoxy) is 3. The number of nitrogen functional groups attached to an aromatic ring is 1. The SMILES string of the molecule is CCOc1ccccc1Oc1cccc(C(=O)OC)c1N. The zero-order valence-electron chi connectivity index (χ0n) is 12.0. The Bertz CT molecular complexity index is 640. The van der Waals surface area contributed by atoms with Crippen molar-refractivity contribution >= 4 is 11.7 Å². The van der Waals surface area contributed by atoms with Crippen molar-refractivity contribution in [2.75, 3.05) is 19.5 Å². The number of para-hydroxylation sites is 3. The van der Waals surface area contributed by atoms with E-state index in [4.69, 9.17) is 15.2 Å². The van der Waals surface area contributed by atoms with E-state index < -0.39 is 5.97 Å². The van der Waals surface area contributed by atoms with Gasteiger partial charge in [0, 0.05) is 0 Å². The molecule has 0 atom stereocenters. The van der Waals surface area contributed by atoms with E-state index in [0.717, 1.165) is 0 Å². The molecule has 0 bridgehead atoms. The molecule has 2 aromatic carbocycles. The van der Waals surface area contributed by atoms with Gasteiger partial charge >= 0.3 is 5.97 Å². The second-order valence-electron chi connectivity index (χ2n) is 4.19. The maximum absolute atomic E-state index is 11.6. The molecule has 0 aromatic heterocycles. The van der Waals surface area contributed by atoms with Gasteiger partial charge in [0.1, 0.15) is 0 Å². The van der Waals surface area contributed by atoms with E-state index >= 15 is 0 Å². The average Bonchev–Trinajstić information content (AvgIpc) is 2.51. The molecule has 21 heavy (non-hydrogen) atoms. The van der Waals surface area contributed by atoms with Gasteiger partial charge in [0.2, 0.25) is 0 Å². The first-order valence-electron chi connectivity index (χ1n) is 6.53. The van der Waals surface area contributed by atoms with Gasteiger partial charge < -0.3 is 19.9 Å². The number of esters is 1. The lowest BCUT2D eigenvalue weighted by molar-refractivity contribution is 0.0601. The number of hydrogen-bond donors (Lipinski definition) is 1. The van der Waals surface area contributed by atoms with Crippen molar-refractivity contribution in [3.05, 3.63) is 48.0 Å². The summed E-state index contributed by atoms with van der Waals surface area (Å²) in [5.74, 6) is 1.03. The molecule has 0 amide bonds. The van der Waals surface area contributed by atoms with Crippen LogP contribution in [0.4, 0.5) is 5.69 Å². The van der Waals surface area contributed by atoms with Crippen LogP contribution in [-0.2, 0) is 4.74 Å². The number of methoxy groups -OCH3 is 1. The van der Waals surface area contributed by atoms with Crippen LogP contribution in [0.15, 0.2) is 42.5 Å². The van der Waals surface area contributed by atoms with Crippen LogP contribution in [0.1, 0.15) is 17.3 Å². The Hall–Kier alpha value is -2.69. The van der Waals surface area contributed by atoms with E-state index in [1.165, 1.54) is 7.11 Å². The lowest BCUT2D eigenvalue weighted by atomic mass is 10.1. The van der Waals surface area contributed by atoms with E-state index in [2.05, 4.69) is 4.74 Å². The fraction of sp³-hybridized carbons (Fsp3) is 0.188. The molecule has 0 aliphatic heterocycles. The van der Waals surface area contributed by atoms with Crippen LogP contribution in [0.5, 0.6) is 17.2 Å². The summed E-state index contributed by atoms with van der Waals surface area (Å²) in [7, 11) is 1.31. The molecule has 0 aliphatic rings. The van der Waals surface area contributed by atoms with Gasteiger partial charge in [0.15, 0.2) is 17.2 Å². The highest BCUT2D eigenvalue weighted by atomic mass is 16.5. The van der Waals surface area contributed by atoms with E-state index in [0.29, 0.717) is 23.9 Å². The summed E-state index contributed by atoms with van der Waals surface area (Å²) in [4.78, 5) is 11.6. The Morgan fingerprint density at radius 2 is 1.71 bits per heavy atom. The number of rotatable bonds is 5. The average molecular weight is 287 g/mol. The molecule has 2 N–H and O–H groups in total. The molecule has 0 fully saturated rings. The third kappa shape index (κ3) is 3.25. The summed E-state index contributed by atoms with van der Waals surface area (Å²) in [5, 5.41) is 0. The van der Waals surface area contributed by atoms with Crippen LogP contribution in [0, 0.1) is 0 Å². The van der Waals surface area contributed by atoms with E-state index in [1.807, 2.05) is 19.1 Å². The molecule has 0 heterocycles. The minimum Gasteiger partial charge on any atom is -0.490 e. The van der Waals surface area contributed by atoms with Crippen LogP contribution in [0.2, 0.25) is 0 Å². The van der Waals surface area contributed by atoms with Crippen molar-refractivity contribution in [3.63, 3.8) is 0 Å². The number of anilines is 1. The fourth-order valence-electron chi connectivity index (χ4n) is 1.85. The number of carbonyl (C=O) groups is 1. The Kier molecular flexibility index (Phi) is 4.66. The zero-order valence-corrected chi connectivity index (χ0v) is 12.0. The molecular formula is C16H17NO4. The largest absolute Gasteiger partial charge is 0.490 e.